The van der Waals surface area contributed by atoms with Crippen LogP contribution >= 0.6 is 0 Å². The van der Waals surface area contributed by atoms with Gasteiger partial charge >= 0.3 is 11.8 Å². The number of carbonyl (C=O) groups excluding carboxylic acids is 2. The van der Waals surface area contributed by atoms with Gasteiger partial charge in [0.1, 0.15) is 5.75 Å². The zero-order valence-electron chi connectivity index (χ0n) is 15.0. The molecule has 136 valence electrons. The first-order valence-electron chi connectivity index (χ1n) is 8.52. The Hall–Kier alpha value is -3.15. The second-order valence-corrected chi connectivity index (χ2v) is 5.79. The Morgan fingerprint density at radius 1 is 1.04 bits per heavy atom. The summed E-state index contributed by atoms with van der Waals surface area (Å²) < 4.78 is 5.57. The van der Waals surface area contributed by atoms with Crippen molar-refractivity contribution in [2.75, 3.05) is 11.9 Å². The van der Waals surface area contributed by atoms with Gasteiger partial charge in [0.05, 0.1) is 12.8 Å². The largest absolute Gasteiger partial charge is 0.494 e. The first-order valence-corrected chi connectivity index (χ1v) is 8.52. The van der Waals surface area contributed by atoms with Crippen LogP contribution in [0.2, 0.25) is 0 Å². The number of hydrogen-bond donors (Lipinski definition) is 2. The van der Waals surface area contributed by atoms with Crippen LogP contribution in [-0.2, 0) is 9.59 Å². The van der Waals surface area contributed by atoms with Crippen LogP contribution in [0.15, 0.2) is 53.6 Å². The molecule has 0 bridgehead atoms. The summed E-state index contributed by atoms with van der Waals surface area (Å²) in [5, 5.41) is 6.31. The fraction of sp³-hybridized carbons (Fsp3) is 0.250. The van der Waals surface area contributed by atoms with Gasteiger partial charge in [0, 0.05) is 5.69 Å². The highest BCUT2D eigenvalue weighted by Gasteiger charge is 2.12. The van der Waals surface area contributed by atoms with Gasteiger partial charge < -0.3 is 10.1 Å². The molecule has 0 saturated heterocycles. The average Bonchev–Trinajstić information content (AvgIpc) is 2.65. The van der Waals surface area contributed by atoms with E-state index in [-0.39, 0.29) is 0 Å². The third kappa shape index (κ3) is 6.39. The molecule has 2 aromatic carbocycles. The predicted molar refractivity (Wildman–Crippen MR) is 102 cm³/mol. The van der Waals surface area contributed by atoms with E-state index in [0.717, 1.165) is 29.7 Å². The topological polar surface area (TPSA) is 79.8 Å². The smallest absolute Gasteiger partial charge is 0.329 e. The zero-order valence-corrected chi connectivity index (χ0v) is 15.0. The predicted octanol–water partition coefficient (Wildman–Crippen LogP) is 3.26. The number of hydrazone groups is 1. The molecule has 0 saturated carbocycles. The van der Waals surface area contributed by atoms with Crippen LogP contribution in [0.25, 0.3) is 0 Å². The van der Waals surface area contributed by atoms with E-state index in [1.807, 2.05) is 43.3 Å². The molecule has 0 aliphatic carbocycles. The van der Waals surface area contributed by atoms with Crippen molar-refractivity contribution in [2.24, 2.45) is 5.10 Å². The number of ether oxygens (including phenoxy) is 1. The van der Waals surface area contributed by atoms with Crippen molar-refractivity contribution in [3.8, 4) is 5.75 Å². The first-order chi connectivity index (χ1) is 12.6. The molecule has 2 aromatic rings. The third-order valence-electron chi connectivity index (χ3n) is 3.54. The average molecular weight is 353 g/mol. The Morgan fingerprint density at radius 2 is 1.73 bits per heavy atom. The van der Waals surface area contributed by atoms with E-state index in [1.54, 1.807) is 12.1 Å². The van der Waals surface area contributed by atoms with Gasteiger partial charge in [0.25, 0.3) is 0 Å². The van der Waals surface area contributed by atoms with Gasteiger partial charge in [0.15, 0.2) is 0 Å². The van der Waals surface area contributed by atoms with Crippen LogP contribution in [0.5, 0.6) is 5.75 Å². The number of benzene rings is 2. The van der Waals surface area contributed by atoms with E-state index < -0.39 is 11.8 Å². The van der Waals surface area contributed by atoms with E-state index in [1.165, 1.54) is 6.21 Å². The SMILES string of the molecule is CCCCOc1ccc(C=NNC(=O)C(=O)Nc2ccc(C)cc2)cc1. The number of carbonyl (C=O) groups is 2. The molecule has 0 unspecified atom stereocenters. The molecule has 0 aromatic heterocycles. The van der Waals surface area contributed by atoms with Crippen molar-refractivity contribution in [3.05, 3.63) is 59.7 Å². The molecule has 0 atom stereocenters. The third-order valence-corrected chi connectivity index (χ3v) is 3.54. The summed E-state index contributed by atoms with van der Waals surface area (Å²) in [7, 11) is 0. The molecule has 26 heavy (non-hydrogen) atoms. The Morgan fingerprint density at radius 3 is 2.38 bits per heavy atom. The molecular weight excluding hydrogens is 330 g/mol. The number of nitrogens with one attached hydrogen (secondary N) is 2. The fourth-order valence-corrected chi connectivity index (χ4v) is 2.03. The summed E-state index contributed by atoms with van der Waals surface area (Å²) in [6, 6.07) is 14.5. The Balaban J connectivity index is 1.80. The van der Waals surface area contributed by atoms with Gasteiger partial charge in [-0.25, -0.2) is 5.43 Å². The maximum atomic E-state index is 11.8. The van der Waals surface area contributed by atoms with Crippen molar-refractivity contribution >= 4 is 23.7 Å². The number of nitrogens with zero attached hydrogens (tertiary/aromatic N) is 1. The lowest BCUT2D eigenvalue weighted by molar-refractivity contribution is -0.136. The lowest BCUT2D eigenvalue weighted by Gasteiger charge is -2.05. The number of rotatable bonds is 7. The number of aryl methyl sites for hydroxylation is 1. The minimum Gasteiger partial charge on any atom is -0.494 e. The lowest BCUT2D eigenvalue weighted by Crippen LogP contribution is -2.32. The maximum absolute atomic E-state index is 11.8. The summed E-state index contributed by atoms with van der Waals surface area (Å²) >= 11 is 0. The van der Waals surface area contributed by atoms with Gasteiger partial charge in [0.2, 0.25) is 0 Å². The normalized spacial score (nSPS) is 10.5. The lowest BCUT2D eigenvalue weighted by atomic mass is 10.2. The standard InChI is InChI=1S/C20H23N3O3/c1-3-4-13-26-18-11-7-16(8-12-18)14-21-23-20(25)19(24)22-17-9-5-15(2)6-10-17/h5-12,14H,3-4,13H2,1-2H3,(H,22,24)(H,23,25). The number of hydrogen-bond acceptors (Lipinski definition) is 4. The molecule has 0 aliphatic rings. The van der Waals surface area contributed by atoms with Gasteiger partial charge in [-0.3, -0.25) is 9.59 Å². The molecule has 0 radical (unpaired) electrons. The summed E-state index contributed by atoms with van der Waals surface area (Å²) in [5.74, 6) is -0.816. The van der Waals surface area contributed by atoms with E-state index in [4.69, 9.17) is 4.74 Å². The Labute approximate surface area is 153 Å². The molecule has 2 amide bonds. The Kier molecular flexibility index (Phi) is 7.36. The number of amides is 2. The Bertz CT molecular complexity index is 753. The van der Waals surface area contributed by atoms with Gasteiger partial charge in [-0.2, -0.15) is 5.10 Å². The van der Waals surface area contributed by atoms with Crippen LogP contribution < -0.4 is 15.5 Å². The highest BCUT2D eigenvalue weighted by Crippen LogP contribution is 2.11. The molecule has 6 nitrogen and oxygen atoms in total. The molecule has 2 rings (SSSR count). The molecule has 0 fully saturated rings. The van der Waals surface area contributed by atoms with Gasteiger partial charge in [-0.05, 0) is 55.3 Å². The summed E-state index contributed by atoms with van der Waals surface area (Å²) in [6.07, 6.45) is 3.56. The molecule has 6 heteroatoms. The van der Waals surface area contributed by atoms with E-state index in [9.17, 15) is 9.59 Å². The fourth-order valence-electron chi connectivity index (χ4n) is 2.03. The molecule has 0 aliphatic heterocycles. The van der Waals surface area contributed by atoms with Crippen LogP contribution in [0.4, 0.5) is 5.69 Å². The molecule has 0 heterocycles. The second kappa shape index (κ2) is 9.98. The van der Waals surface area contributed by atoms with E-state index >= 15 is 0 Å². The van der Waals surface area contributed by atoms with E-state index in [0.29, 0.717) is 12.3 Å². The second-order valence-electron chi connectivity index (χ2n) is 5.79. The zero-order chi connectivity index (χ0) is 18.8. The molecular formula is C20H23N3O3. The number of unbranched alkanes of at least 4 members (excludes halogenated alkanes) is 1. The van der Waals surface area contributed by atoms with Crippen molar-refractivity contribution in [1.82, 2.24) is 5.43 Å². The van der Waals surface area contributed by atoms with Gasteiger partial charge in [-0.1, -0.05) is 31.0 Å². The summed E-state index contributed by atoms with van der Waals surface area (Å²) in [5.41, 5.74) is 4.61. The van der Waals surface area contributed by atoms with Crippen molar-refractivity contribution < 1.29 is 14.3 Å². The quantitative estimate of drug-likeness (QED) is 0.347. The summed E-state index contributed by atoms with van der Waals surface area (Å²) in [4.78, 5) is 23.5. The van der Waals surface area contributed by atoms with Gasteiger partial charge in [-0.15, -0.1) is 0 Å². The monoisotopic (exact) mass is 353 g/mol. The molecule has 2 N–H and O–H groups in total. The highest BCUT2D eigenvalue weighted by atomic mass is 16.5. The van der Waals surface area contributed by atoms with Crippen LogP contribution in [0, 0.1) is 6.92 Å². The van der Waals surface area contributed by atoms with Crippen LogP contribution in [0.1, 0.15) is 30.9 Å². The molecule has 0 spiro atoms. The van der Waals surface area contributed by atoms with Crippen molar-refractivity contribution in [3.63, 3.8) is 0 Å². The van der Waals surface area contributed by atoms with Crippen molar-refractivity contribution in [1.29, 1.82) is 0 Å². The van der Waals surface area contributed by atoms with E-state index in [2.05, 4.69) is 22.8 Å². The minimum atomic E-state index is -0.832. The van der Waals surface area contributed by atoms with Crippen molar-refractivity contribution in [2.45, 2.75) is 26.7 Å². The minimum absolute atomic E-state index is 0.554. The summed E-state index contributed by atoms with van der Waals surface area (Å²) in [6.45, 7) is 4.74. The van der Waals surface area contributed by atoms with Crippen LogP contribution in [0.3, 0.4) is 0 Å². The highest BCUT2D eigenvalue weighted by molar-refractivity contribution is 6.39. The maximum Gasteiger partial charge on any atom is 0.329 e. The first kappa shape index (κ1) is 19.2. The number of anilines is 1. The van der Waals surface area contributed by atoms with Crippen LogP contribution in [-0.4, -0.2) is 24.6 Å².